The number of piperazine rings is 1. The van der Waals surface area contributed by atoms with Crippen molar-refractivity contribution in [3.05, 3.63) is 24.3 Å². The molecule has 8 heteroatoms. The second-order valence-corrected chi connectivity index (χ2v) is 7.00. The van der Waals surface area contributed by atoms with E-state index in [-0.39, 0.29) is 4.90 Å². The van der Waals surface area contributed by atoms with Crippen molar-refractivity contribution in [3.63, 3.8) is 0 Å². The molecule has 1 heterocycles. The molecule has 0 aromatic heterocycles. The Morgan fingerprint density at radius 3 is 2.36 bits per heavy atom. The Morgan fingerprint density at radius 2 is 1.77 bits per heavy atom. The zero-order valence-corrected chi connectivity index (χ0v) is 13.9. The molecule has 1 aliphatic rings. The molecule has 1 aromatic carbocycles. The molecule has 2 N–H and O–H groups in total. The first-order valence-corrected chi connectivity index (χ1v) is 8.82. The Morgan fingerprint density at radius 1 is 1.14 bits per heavy atom. The molecule has 1 saturated heterocycles. The Labute approximate surface area is 132 Å². The summed E-state index contributed by atoms with van der Waals surface area (Å²) in [6.45, 7) is 5.08. The van der Waals surface area contributed by atoms with Gasteiger partial charge in [-0.2, -0.15) is 0 Å². The van der Waals surface area contributed by atoms with Crippen LogP contribution in [-0.2, 0) is 14.9 Å². The summed E-state index contributed by atoms with van der Waals surface area (Å²) in [4.78, 5) is 12.0. The van der Waals surface area contributed by atoms with Gasteiger partial charge in [0.1, 0.15) is 0 Å². The van der Waals surface area contributed by atoms with E-state index in [1.54, 1.807) is 19.2 Å². The van der Waals surface area contributed by atoms with Crippen molar-refractivity contribution >= 4 is 15.7 Å². The summed E-state index contributed by atoms with van der Waals surface area (Å²) >= 11 is 0. The third-order valence-electron chi connectivity index (χ3n) is 3.73. The molecule has 0 saturated carbocycles. The van der Waals surface area contributed by atoms with Gasteiger partial charge in [-0.05, 0) is 31.3 Å². The van der Waals surface area contributed by atoms with Gasteiger partial charge in [0.2, 0.25) is 0 Å². The Bertz CT molecular complexity index is 554. The smallest absolute Gasteiger partial charge is 0.262 e. The van der Waals surface area contributed by atoms with E-state index in [9.17, 15) is 8.42 Å². The minimum absolute atomic E-state index is 0.186. The summed E-state index contributed by atoms with van der Waals surface area (Å²) in [7, 11) is 0.256. The predicted molar refractivity (Wildman–Crippen MR) is 86.2 cm³/mol. The van der Waals surface area contributed by atoms with E-state index >= 15 is 0 Å². The quantitative estimate of drug-likeness (QED) is 0.550. The number of hydrogen-bond donors (Lipinski definition) is 2. The zero-order chi connectivity index (χ0) is 16.0. The minimum Gasteiger partial charge on any atom is -0.388 e. The van der Waals surface area contributed by atoms with E-state index in [1.165, 1.54) is 12.1 Å². The number of benzene rings is 1. The average Bonchev–Trinajstić information content (AvgIpc) is 2.53. The molecule has 22 heavy (non-hydrogen) atoms. The lowest BCUT2D eigenvalue weighted by Gasteiger charge is -2.32. The first-order chi connectivity index (χ1) is 10.5. The number of sulfonamides is 1. The molecule has 7 nitrogen and oxygen atoms in total. The number of nitrogens with zero attached hydrogens (tertiary/aromatic N) is 2. The van der Waals surface area contributed by atoms with E-state index in [4.69, 9.17) is 4.84 Å². The molecule has 124 valence electrons. The molecule has 0 bridgehead atoms. The van der Waals surface area contributed by atoms with Crippen LogP contribution in [0.1, 0.15) is 0 Å². The maximum Gasteiger partial charge on any atom is 0.262 e. The van der Waals surface area contributed by atoms with Crippen LogP contribution in [0.25, 0.3) is 0 Å². The van der Waals surface area contributed by atoms with Crippen LogP contribution in [0.4, 0.5) is 5.69 Å². The second-order valence-electron chi connectivity index (χ2n) is 5.35. The van der Waals surface area contributed by atoms with Crippen molar-refractivity contribution in [3.8, 4) is 0 Å². The average molecular weight is 328 g/mol. The van der Waals surface area contributed by atoms with Crippen LogP contribution in [0.2, 0.25) is 0 Å². The maximum atomic E-state index is 12.0. The van der Waals surface area contributed by atoms with E-state index in [1.807, 2.05) is 0 Å². The number of likely N-dealkylation sites (N-methyl/N-ethyl adjacent to an activating group) is 1. The third-order valence-corrected chi connectivity index (χ3v) is 4.96. The van der Waals surface area contributed by atoms with Crippen LogP contribution >= 0.6 is 0 Å². The van der Waals surface area contributed by atoms with Gasteiger partial charge in [-0.3, -0.25) is 9.74 Å². The number of nitrogens with one attached hydrogen (secondary N) is 2. The maximum absolute atomic E-state index is 12.0. The van der Waals surface area contributed by atoms with E-state index in [0.29, 0.717) is 6.61 Å². The van der Waals surface area contributed by atoms with Gasteiger partial charge in [0.25, 0.3) is 10.0 Å². The highest BCUT2D eigenvalue weighted by Crippen LogP contribution is 2.13. The molecule has 0 atom stereocenters. The van der Waals surface area contributed by atoms with Crippen LogP contribution in [0.5, 0.6) is 0 Å². The van der Waals surface area contributed by atoms with Crippen molar-refractivity contribution in [2.24, 2.45) is 0 Å². The Balaban J connectivity index is 1.75. The summed E-state index contributed by atoms with van der Waals surface area (Å²) < 4.78 is 24.1. The van der Waals surface area contributed by atoms with Crippen molar-refractivity contribution < 1.29 is 13.3 Å². The molecular formula is C14H24N4O3S. The van der Waals surface area contributed by atoms with Crippen LogP contribution < -0.4 is 10.2 Å². The molecule has 1 aliphatic heterocycles. The highest BCUT2D eigenvalue weighted by molar-refractivity contribution is 7.89. The van der Waals surface area contributed by atoms with E-state index < -0.39 is 10.0 Å². The minimum atomic E-state index is -3.62. The van der Waals surface area contributed by atoms with Gasteiger partial charge in [0.05, 0.1) is 11.5 Å². The number of anilines is 1. The van der Waals surface area contributed by atoms with Crippen LogP contribution in [0.15, 0.2) is 29.2 Å². The highest BCUT2D eigenvalue weighted by atomic mass is 32.2. The molecule has 1 aromatic rings. The molecule has 2 rings (SSSR count). The second kappa shape index (κ2) is 7.89. The Hall–Kier alpha value is -1.19. The number of hydrogen-bond acceptors (Lipinski definition) is 6. The molecule has 0 aliphatic carbocycles. The van der Waals surface area contributed by atoms with Crippen LogP contribution in [0, 0.1) is 0 Å². The standard InChI is InChI=1S/C14H24N4O3S/c1-15-13-3-5-14(6-4-13)22(19,20)16-21-12-11-18-9-7-17(2)8-10-18/h3-6,15-16H,7-12H2,1-2H3. The summed E-state index contributed by atoms with van der Waals surface area (Å²) in [6.07, 6.45) is 0. The normalized spacial score (nSPS) is 17.5. The lowest BCUT2D eigenvalue weighted by atomic mass is 10.3. The molecule has 1 fully saturated rings. The van der Waals surface area contributed by atoms with Crippen molar-refractivity contribution in [2.45, 2.75) is 4.90 Å². The van der Waals surface area contributed by atoms with Crippen molar-refractivity contribution in [1.82, 2.24) is 14.7 Å². The SMILES string of the molecule is CNc1ccc(S(=O)(=O)NOCCN2CCN(C)CC2)cc1. The van der Waals surface area contributed by atoms with Gasteiger partial charge >= 0.3 is 0 Å². The monoisotopic (exact) mass is 328 g/mol. The third kappa shape index (κ3) is 4.92. The first-order valence-electron chi connectivity index (χ1n) is 7.33. The van der Waals surface area contributed by atoms with Crippen LogP contribution in [-0.4, -0.2) is 71.6 Å². The lowest BCUT2D eigenvalue weighted by Crippen LogP contribution is -2.45. The lowest BCUT2D eigenvalue weighted by molar-refractivity contribution is 0.0567. The largest absolute Gasteiger partial charge is 0.388 e. The van der Waals surface area contributed by atoms with Gasteiger partial charge in [-0.1, -0.05) is 4.89 Å². The fourth-order valence-electron chi connectivity index (χ4n) is 2.21. The molecular weight excluding hydrogens is 304 g/mol. The fourth-order valence-corrected chi connectivity index (χ4v) is 3.04. The van der Waals surface area contributed by atoms with E-state index in [2.05, 4.69) is 27.0 Å². The van der Waals surface area contributed by atoms with Crippen molar-refractivity contribution in [1.29, 1.82) is 0 Å². The Kier molecular flexibility index (Phi) is 6.16. The fraction of sp³-hybridized carbons (Fsp3) is 0.571. The van der Waals surface area contributed by atoms with Crippen molar-refractivity contribution in [2.75, 3.05) is 58.7 Å². The highest BCUT2D eigenvalue weighted by Gasteiger charge is 2.16. The van der Waals surface area contributed by atoms with Gasteiger partial charge in [0.15, 0.2) is 0 Å². The van der Waals surface area contributed by atoms with Gasteiger partial charge in [-0.15, -0.1) is 0 Å². The van der Waals surface area contributed by atoms with Gasteiger partial charge in [0, 0.05) is 45.5 Å². The van der Waals surface area contributed by atoms with Crippen LogP contribution in [0.3, 0.4) is 0 Å². The molecule has 0 spiro atoms. The summed E-state index contributed by atoms with van der Waals surface area (Å²) in [6, 6.07) is 6.49. The number of rotatable bonds is 7. The van der Waals surface area contributed by atoms with Gasteiger partial charge < -0.3 is 10.2 Å². The van der Waals surface area contributed by atoms with E-state index in [0.717, 1.165) is 38.4 Å². The topological polar surface area (TPSA) is 73.9 Å². The molecule has 0 amide bonds. The van der Waals surface area contributed by atoms with Gasteiger partial charge in [-0.25, -0.2) is 8.42 Å². The predicted octanol–water partition coefficient (Wildman–Crippen LogP) is 0.186. The molecule has 0 unspecified atom stereocenters. The zero-order valence-electron chi connectivity index (χ0n) is 13.1. The first kappa shape index (κ1) is 17.2. The summed E-state index contributed by atoms with van der Waals surface area (Å²) in [5, 5.41) is 2.94. The summed E-state index contributed by atoms with van der Waals surface area (Å²) in [5.41, 5.74) is 0.856. The molecule has 0 radical (unpaired) electrons. The summed E-state index contributed by atoms with van der Waals surface area (Å²) in [5.74, 6) is 0.